The van der Waals surface area contributed by atoms with Crippen LogP contribution in [0, 0.1) is 0 Å². The van der Waals surface area contributed by atoms with Gasteiger partial charge in [-0.2, -0.15) is 16.8 Å². The zero-order chi connectivity index (χ0) is 66.9. The molecule has 0 saturated carbocycles. The van der Waals surface area contributed by atoms with Crippen molar-refractivity contribution in [3.63, 3.8) is 0 Å². The third-order valence-corrected chi connectivity index (χ3v) is 32.5. The molecule has 0 aliphatic carbocycles. The first-order chi connectivity index (χ1) is 44.9. The number of benzene rings is 4. The van der Waals surface area contributed by atoms with E-state index < -0.39 is 51.7 Å². The summed E-state index contributed by atoms with van der Waals surface area (Å²) >= 11 is 0. The quantitative estimate of drug-likeness (QED) is 0.0143. The van der Waals surface area contributed by atoms with Crippen LogP contribution in [0.3, 0.4) is 0 Å². The number of rotatable bonds is 38. The van der Waals surface area contributed by atoms with E-state index in [2.05, 4.69) is 104 Å². The van der Waals surface area contributed by atoms with Crippen molar-refractivity contribution in [2.45, 2.75) is 168 Å². The van der Waals surface area contributed by atoms with Crippen molar-refractivity contribution in [1.82, 2.24) is 8.47 Å². The number of hydrogen-bond acceptors (Lipinski definition) is 13. The van der Waals surface area contributed by atoms with Crippen LogP contribution < -0.4 is 11.0 Å². The number of aromatic nitrogens is 2. The first-order valence-corrected chi connectivity index (χ1v) is 45.6. The number of aliphatic carboxylic acids is 1. The van der Waals surface area contributed by atoms with E-state index in [-0.39, 0.29) is 30.8 Å². The third-order valence-electron chi connectivity index (χ3n) is 19.3. The molecule has 0 spiro atoms. The maximum atomic E-state index is 12.0. The van der Waals surface area contributed by atoms with Gasteiger partial charge in [-0.3, -0.25) is 22.4 Å². The van der Waals surface area contributed by atoms with E-state index in [1.165, 1.54) is 0 Å². The molecule has 0 saturated heterocycles. The molecule has 6 heterocycles. The van der Waals surface area contributed by atoms with E-state index in [9.17, 15) is 35.8 Å². The smallest absolute Gasteiger partial charge is 0.481 e. The Bertz CT molecular complexity index is 4040. The highest BCUT2D eigenvalue weighted by Crippen LogP contribution is 2.45. The van der Waals surface area contributed by atoms with Gasteiger partial charge in [0.1, 0.15) is 22.6 Å². The Morgan fingerprint density at radius 1 is 0.436 bits per heavy atom. The van der Waals surface area contributed by atoms with Crippen LogP contribution >= 0.6 is 0 Å². The van der Waals surface area contributed by atoms with Gasteiger partial charge in [0, 0.05) is 50.2 Å². The van der Waals surface area contributed by atoms with Gasteiger partial charge in [0.15, 0.2) is 40.0 Å². The van der Waals surface area contributed by atoms with Crippen molar-refractivity contribution in [3.8, 4) is 0 Å². The van der Waals surface area contributed by atoms with Crippen LogP contribution in [0.25, 0.3) is 21.5 Å². The second-order valence-corrected chi connectivity index (χ2v) is 42.5. The fourth-order valence-electron chi connectivity index (χ4n) is 14.5. The summed E-state index contributed by atoms with van der Waals surface area (Å²) in [6.07, 6.45) is 13.3. The highest BCUT2D eigenvalue weighted by Gasteiger charge is 2.58. The predicted molar refractivity (Wildman–Crippen MR) is 383 cm³/mol. The molecule has 2 aromatic heterocycles. The number of unbranched alkanes of at least 4 members (excludes halogenated alkanes) is 8. The summed E-state index contributed by atoms with van der Waals surface area (Å²) in [6.45, 7) is 22.7. The fourth-order valence-corrected chi connectivity index (χ4v) is 28.2. The van der Waals surface area contributed by atoms with E-state index in [1.54, 1.807) is 0 Å². The van der Waals surface area contributed by atoms with Crippen molar-refractivity contribution < 1.29 is 53.0 Å². The van der Waals surface area contributed by atoms with Crippen LogP contribution in [0.1, 0.15) is 152 Å². The Labute approximate surface area is 558 Å². The molecule has 506 valence electrons. The van der Waals surface area contributed by atoms with E-state index in [0.29, 0.717) is 102 Å². The lowest BCUT2D eigenvalue weighted by molar-refractivity contribution is -0.929. The average molecular weight is 1380 g/mol. The number of aliphatic imine (C=N–C) groups is 4. The first kappa shape index (κ1) is 70.8. The molecular weight excluding hydrogens is 1280 g/mol. The van der Waals surface area contributed by atoms with Gasteiger partial charge in [-0.15, -0.1) is 0 Å². The van der Waals surface area contributed by atoms with Crippen molar-refractivity contribution in [1.29, 1.82) is 0 Å². The SMILES string of the molecule is CCCCC[N+](CCCC)(CCCCCC(=O)O)CCC[Si](C)(C)O[Si]1(O[Si](C)(C)CCC[N+](CCCC)(CCCCS(=O)(=O)O)CCCCS(=O)(=O)O)n2c3c4ccccc4c2N=C2N=C(N=c4c5ccccc5c(n41)=NC1=NC(=N3)c3ccccc31)c1ccccc12. The molecule has 2 unspecified atom stereocenters. The minimum Gasteiger partial charge on any atom is -0.481 e. The van der Waals surface area contributed by atoms with Gasteiger partial charge in [-0.1, -0.05) is 137 Å². The lowest BCUT2D eigenvalue weighted by atomic mass is 10.1. The maximum Gasteiger partial charge on any atom is 0.582 e. The Morgan fingerprint density at radius 2 is 0.777 bits per heavy atom. The molecule has 3 N–H and O–H groups in total. The van der Waals surface area contributed by atoms with Gasteiger partial charge in [0.05, 0.1) is 63.9 Å². The minimum absolute atomic E-state index is 0.181. The van der Waals surface area contributed by atoms with Crippen molar-refractivity contribution in [2.75, 3.05) is 63.9 Å². The first-order valence-electron chi connectivity index (χ1n) is 34.4. The molecule has 20 nitrogen and oxygen atoms in total. The summed E-state index contributed by atoms with van der Waals surface area (Å²) in [4.78, 5) is 45.4. The lowest BCUT2D eigenvalue weighted by Crippen LogP contribution is -2.70. The molecule has 25 heteroatoms. The Morgan fingerprint density at radius 3 is 1.16 bits per heavy atom. The van der Waals surface area contributed by atoms with Crippen LogP contribution in [0.5, 0.6) is 0 Å². The summed E-state index contributed by atoms with van der Waals surface area (Å²) in [7, 11) is -19.3. The molecule has 2 atom stereocenters. The van der Waals surface area contributed by atoms with Crippen LogP contribution in [0.2, 0.25) is 38.3 Å². The highest BCUT2D eigenvalue weighted by atomic mass is 32.2. The zero-order valence-electron chi connectivity index (χ0n) is 56.2. The summed E-state index contributed by atoms with van der Waals surface area (Å²) in [5.41, 5.74) is 4.52. The van der Waals surface area contributed by atoms with Crippen LogP contribution in [0.15, 0.2) is 127 Å². The molecule has 6 aromatic rings. The fraction of sp³-hybridized carbons (Fsp3) is 0.522. The molecule has 94 heavy (non-hydrogen) atoms. The number of carboxylic acids is 1. The number of nitrogens with zero attached hydrogens (tertiary/aromatic N) is 10. The van der Waals surface area contributed by atoms with E-state index in [1.807, 2.05) is 48.5 Å². The van der Waals surface area contributed by atoms with Crippen molar-refractivity contribution in [2.24, 2.45) is 30.0 Å². The predicted octanol–water partition coefficient (Wildman–Crippen LogP) is 13.0. The van der Waals surface area contributed by atoms with Crippen LogP contribution in [-0.2, 0) is 33.3 Å². The standard InChI is InChI=1S/C69H96N10O10S2Si3/c1-8-11-24-43-78(41-12-9-2,44-25-14-15-40-61(80)81)47-30-51-92(4,5)88-94(89-93(6,7)52-31-48-79(42-13-10-3,45-26-28-49-90(82,83)84)46-27-29-50-91(85,86)87)76-66-57-36-20-21-37-58(57)68(76)74-64-55-34-18-19-35-56(55)65(71-64)75-69-60-39-23-22-38-59(60)67(77(69)94)73-63-54-33-17-16-32-53(54)62(70-63)72-66/h16-23,32-39H,8-15,24-31,40-52H2,1-7H3,(H-2,80,81,82,83,84,85,86,87)/p+2. The molecular formula is C69H98N10O10S2Si3+2. The normalized spacial score (nSPS) is 16.8. The lowest BCUT2D eigenvalue weighted by Gasteiger charge is -2.44. The minimum atomic E-state index is -4.64. The molecule has 0 radical (unpaired) electrons. The third kappa shape index (κ3) is 16.7. The molecule has 4 aliphatic heterocycles. The van der Waals surface area contributed by atoms with Gasteiger partial charge in [0.25, 0.3) is 20.2 Å². The monoisotopic (exact) mass is 1370 g/mol. The van der Waals surface area contributed by atoms with Gasteiger partial charge < -0.3 is 22.3 Å². The zero-order valence-corrected chi connectivity index (χ0v) is 60.9. The van der Waals surface area contributed by atoms with Crippen LogP contribution in [-0.4, -0.2) is 167 Å². The van der Waals surface area contributed by atoms with Crippen LogP contribution in [0.4, 0.5) is 11.6 Å². The number of quaternary nitrogens is 2. The Kier molecular flexibility index (Phi) is 22.7. The molecule has 10 rings (SSSR count). The summed E-state index contributed by atoms with van der Waals surface area (Å²) in [5.74, 6) is 1.74. The van der Waals surface area contributed by atoms with Crippen molar-refractivity contribution >= 4 is 108 Å². The molecule has 0 amide bonds. The molecule has 0 fully saturated rings. The van der Waals surface area contributed by atoms with E-state index in [0.717, 1.165) is 151 Å². The highest BCUT2D eigenvalue weighted by molar-refractivity contribution is 7.86. The summed E-state index contributed by atoms with van der Waals surface area (Å²) in [5, 5.41) is 12.9. The van der Waals surface area contributed by atoms with Gasteiger partial charge in [-0.25, -0.2) is 30.0 Å². The molecule has 4 aromatic carbocycles. The summed E-state index contributed by atoms with van der Waals surface area (Å²) < 4.78 is 91.2. The van der Waals surface area contributed by atoms with Gasteiger partial charge in [0.2, 0.25) is 0 Å². The average Bonchev–Trinajstić information content (AvgIpc) is 1.53. The van der Waals surface area contributed by atoms with E-state index in [4.69, 9.17) is 38.2 Å². The maximum absolute atomic E-state index is 12.0. The van der Waals surface area contributed by atoms with Crippen molar-refractivity contribution in [3.05, 3.63) is 130 Å². The molecule has 4 aliphatic rings. The number of carboxylic acid groups (broad SMARTS) is 1. The number of amidine groups is 4. The number of carbonyl (C=O) groups is 1. The number of hydrogen-bond donors (Lipinski definition) is 3. The second-order valence-electron chi connectivity index (χ2n) is 27.7. The van der Waals surface area contributed by atoms with Gasteiger partial charge >= 0.3 is 14.9 Å². The Hall–Kier alpha value is -5.98. The molecule has 6 bridgehead atoms. The second kappa shape index (κ2) is 30.2. The van der Waals surface area contributed by atoms with Gasteiger partial charge in [-0.05, 0) is 122 Å². The topological polar surface area (TPSA) is 249 Å². The van der Waals surface area contributed by atoms with E-state index >= 15 is 0 Å². The summed E-state index contributed by atoms with van der Waals surface area (Å²) in [6, 6.07) is 34.2. The Balaban J connectivity index is 1.20. The largest absolute Gasteiger partial charge is 0.582 e. The number of fused-ring (bicyclic) bond motifs is 14.